The van der Waals surface area contributed by atoms with Gasteiger partial charge in [-0.15, -0.1) is 0 Å². The Hall–Kier alpha value is -1.84. The van der Waals surface area contributed by atoms with Crippen LogP contribution in [0.5, 0.6) is 0 Å². The fourth-order valence-electron chi connectivity index (χ4n) is 1.82. The number of rotatable bonds is 0. The van der Waals surface area contributed by atoms with E-state index in [-0.39, 0.29) is 6.17 Å². The Kier molecular flexibility index (Phi) is 1.39. The van der Waals surface area contributed by atoms with Crippen LogP contribution in [0.25, 0.3) is 0 Å². The lowest BCUT2D eigenvalue weighted by Gasteiger charge is -2.30. The molecule has 4 heteroatoms. The van der Waals surface area contributed by atoms with Crippen LogP contribution in [0, 0.1) is 0 Å². The first-order chi connectivity index (χ1) is 6.86. The number of hydrazone groups is 1. The summed E-state index contributed by atoms with van der Waals surface area (Å²) < 4.78 is 0. The molecule has 0 saturated carbocycles. The number of hydrogen-bond acceptors (Lipinski definition) is 4. The standard InChI is InChI=1S/C10H10N4/c1-14-9-5-3-2-4-7(9)12-8-6-11-13-10(8)14/h2-6,10,13H,1H3/t10-/m0/s1. The molecule has 0 aliphatic carbocycles. The zero-order chi connectivity index (χ0) is 9.54. The predicted molar refractivity (Wildman–Crippen MR) is 57.4 cm³/mol. The van der Waals surface area contributed by atoms with Gasteiger partial charge >= 0.3 is 0 Å². The van der Waals surface area contributed by atoms with Crippen molar-refractivity contribution in [3.05, 3.63) is 24.3 Å². The maximum atomic E-state index is 4.52. The van der Waals surface area contributed by atoms with Crippen molar-refractivity contribution in [2.24, 2.45) is 10.1 Å². The normalized spacial score (nSPS) is 22.5. The van der Waals surface area contributed by atoms with Crippen LogP contribution < -0.4 is 10.3 Å². The summed E-state index contributed by atoms with van der Waals surface area (Å²) in [4.78, 5) is 6.66. The van der Waals surface area contributed by atoms with Crippen molar-refractivity contribution in [2.75, 3.05) is 11.9 Å². The highest BCUT2D eigenvalue weighted by Gasteiger charge is 2.28. The Morgan fingerprint density at radius 1 is 1.36 bits per heavy atom. The lowest BCUT2D eigenvalue weighted by molar-refractivity contribution is 0.658. The van der Waals surface area contributed by atoms with Gasteiger partial charge in [-0.05, 0) is 12.1 Å². The van der Waals surface area contributed by atoms with Crippen LogP contribution in [-0.2, 0) is 0 Å². The SMILES string of the molecule is CN1c2ccccc2N=C2C=NN[C@H]21. The molecule has 0 unspecified atom stereocenters. The van der Waals surface area contributed by atoms with Gasteiger partial charge in [-0.2, -0.15) is 5.10 Å². The van der Waals surface area contributed by atoms with Gasteiger partial charge in [0, 0.05) is 7.05 Å². The molecular formula is C10H10N4. The van der Waals surface area contributed by atoms with Crippen LogP contribution in [0.2, 0.25) is 0 Å². The summed E-state index contributed by atoms with van der Waals surface area (Å²) in [5.74, 6) is 0. The molecule has 1 aromatic rings. The minimum atomic E-state index is 0.102. The highest BCUT2D eigenvalue weighted by atomic mass is 15.4. The second-order valence-corrected chi connectivity index (χ2v) is 3.43. The van der Waals surface area contributed by atoms with Crippen LogP contribution in [0.3, 0.4) is 0 Å². The fraction of sp³-hybridized carbons (Fsp3) is 0.200. The zero-order valence-corrected chi connectivity index (χ0v) is 7.81. The van der Waals surface area contributed by atoms with E-state index in [0.29, 0.717) is 0 Å². The van der Waals surface area contributed by atoms with E-state index < -0.39 is 0 Å². The summed E-state index contributed by atoms with van der Waals surface area (Å²) in [6.07, 6.45) is 1.88. The molecule has 0 amide bonds. The molecule has 4 nitrogen and oxygen atoms in total. The number of fused-ring (bicyclic) bond motifs is 2. The molecule has 2 heterocycles. The van der Waals surface area contributed by atoms with Crippen molar-refractivity contribution in [2.45, 2.75) is 6.17 Å². The molecule has 0 spiro atoms. The van der Waals surface area contributed by atoms with Gasteiger partial charge in [-0.25, -0.2) is 4.99 Å². The van der Waals surface area contributed by atoms with Crippen LogP contribution in [-0.4, -0.2) is 25.1 Å². The largest absolute Gasteiger partial charge is 0.346 e. The third kappa shape index (κ3) is 0.878. The zero-order valence-electron chi connectivity index (χ0n) is 7.81. The quantitative estimate of drug-likeness (QED) is 0.659. The third-order valence-corrected chi connectivity index (χ3v) is 2.57. The molecule has 70 valence electrons. The predicted octanol–water partition coefficient (Wildman–Crippen LogP) is 1.12. The van der Waals surface area contributed by atoms with Crippen molar-refractivity contribution in [1.82, 2.24) is 5.43 Å². The summed E-state index contributed by atoms with van der Waals surface area (Å²) >= 11 is 0. The van der Waals surface area contributed by atoms with Gasteiger partial charge in [-0.3, -0.25) is 5.43 Å². The van der Waals surface area contributed by atoms with E-state index in [4.69, 9.17) is 0 Å². The first-order valence-corrected chi connectivity index (χ1v) is 4.55. The number of hydrogen-bond donors (Lipinski definition) is 1. The number of anilines is 1. The number of nitrogens with zero attached hydrogens (tertiary/aromatic N) is 3. The third-order valence-electron chi connectivity index (χ3n) is 2.57. The lowest BCUT2D eigenvalue weighted by Crippen LogP contribution is -2.45. The van der Waals surface area contributed by atoms with Crippen molar-refractivity contribution in [1.29, 1.82) is 0 Å². The van der Waals surface area contributed by atoms with E-state index in [1.807, 2.05) is 25.2 Å². The summed E-state index contributed by atoms with van der Waals surface area (Å²) in [6.45, 7) is 0. The highest BCUT2D eigenvalue weighted by Crippen LogP contribution is 2.32. The molecule has 0 saturated heterocycles. The second-order valence-electron chi connectivity index (χ2n) is 3.43. The summed E-state index contributed by atoms with van der Waals surface area (Å²) in [7, 11) is 2.04. The minimum Gasteiger partial charge on any atom is -0.346 e. The van der Waals surface area contributed by atoms with Gasteiger partial charge in [0.05, 0.1) is 17.6 Å². The van der Waals surface area contributed by atoms with Crippen LogP contribution in [0.1, 0.15) is 0 Å². The van der Waals surface area contributed by atoms with Crippen molar-refractivity contribution in [3.8, 4) is 0 Å². The maximum absolute atomic E-state index is 4.52. The van der Waals surface area contributed by atoms with E-state index in [2.05, 4.69) is 26.5 Å². The van der Waals surface area contributed by atoms with Crippen molar-refractivity contribution >= 4 is 23.3 Å². The Morgan fingerprint density at radius 3 is 3.14 bits per heavy atom. The average Bonchev–Trinajstić information content (AvgIpc) is 2.66. The van der Waals surface area contributed by atoms with Gasteiger partial charge in [0.1, 0.15) is 5.71 Å². The fourth-order valence-corrected chi connectivity index (χ4v) is 1.82. The first kappa shape index (κ1) is 7.55. The summed E-state index contributed by atoms with van der Waals surface area (Å²) in [6, 6.07) is 8.10. The molecule has 0 radical (unpaired) electrons. The van der Waals surface area contributed by atoms with Gasteiger partial charge in [0.15, 0.2) is 6.17 Å². The molecule has 2 aliphatic rings. The molecule has 0 bridgehead atoms. The molecule has 3 rings (SSSR count). The van der Waals surface area contributed by atoms with Crippen molar-refractivity contribution < 1.29 is 0 Å². The Labute approximate surface area is 81.9 Å². The van der Waals surface area contributed by atoms with Gasteiger partial charge in [0.2, 0.25) is 0 Å². The molecular weight excluding hydrogens is 176 g/mol. The van der Waals surface area contributed by atoms with E-state index in [1.165, 1.54) is 0 Å². The topological polar surface area (TPSA) is 40.0 Å². The first-order valence-electron chi connectivity index (χ1n) is 4.55. The number of aliphatic imine (C=N–C) groups is 1. The molecule has 2 aliphatic heterocycles. The van der Waals surface area contributed by atoms with Crippen LogP contribution in [0.4, 0.5) is 11.4 Å². The Bertz CT molecular complexity index is 436. The molecule has 14 heavy (non-hydrogen) atoms. The maximum Gasteiger partial charge on any atom is 0.160 e. The monoisotopic (exact) mass is 186 g/mol. The van der Waals surface area contributed by atoms with E-state index >= 15 is 0 Å². The van der Waals surface area contributed by atoms with E-state index in [1.54, 1.807) is 6.21 Å². The lowest BCUT2D eigenvalue weighted by atomic mass is 10.1. The number of benzene rings is 1. The van der Waals surface area contributed by atoms with Gasteiger partial charge in [-0.1, -0.05) is 12.1 Å². The van der Waals surface area contributed by atoms with E-state index in [0.717, 1.165) is 17.1 Å². The number of nitrogens with one attached hydrogen (secondary N) is 1. The Morgan fingerprint density at radius 2 is 2.21 bits per heavy atom. The number of para-hydroxylation sites is 2. The highest BCUT2D eigenvalue weighted by molar-refractivity contribution is 6.36. The van der Waals surface area contributed by atoms with Crippen LogP contribution >= 0.6 is 0 Å². The molecule has 0 fully saturated rings. The molecule has 1 aromatic carbocycles. The summed E-state index contributed by atoms with van der Waals surface area (Å²) in [5, 5.41) is 4.01. The summed E-state index contributed by atoms with van der Waals surface area (Å²) in [5.41, 5.74) is 6.14. The minimum absolute atomic E-state index is 0.102. The van der Waals surface area contributed by atoms with Gasteiger partial charge < -0.3 is 4.90 Å². The van der Waals surface area contributed by atoms with Crippen LogP contribution in [0.15, 0.2) is 34.4 Å². The molecule has 1 atom stereocenters. The van der Waals surface area contributed by atoms with E-state index in [9.17, 15) is 0 Å². The van der Waals surface area contributed by atoms with Crippen molar-refractivity contribution in [3.63, 3.8) is 0 Å². The van der Waals surface area contributed by atoms with Gasteiger partial charge in [0.25, 0.3) is 0 Å². The smallest absolute Gasteiger partial charge is 0.160 e. The average molecular weight is 186 g/mol. The molecule has 0 aromatic heterocycles. The second kappa shape index (κ2) is 2.57. The Balaban J connectivity index is 2.19. The molecule has 1 N–H and O–H groups in total.